The van der Waals surface area contributed by atoms with Crippen LogP contribution in [0.5, 0.6) is 0 Å². The number of fused-ring (bicyclic) bond motifs is 2. The van der Waals surface area contributed by atoms with Gasteiger partial charge in [-0.3, -0.25) is 33.6 Å². The van der Waals surface area contributed by atoms with Gasteiger partial charge in [-0.05, 0) is 49.3 Å². The zero-order valence-electron chi connectivity index (χ0n) is 31.4. The van der Waals surface area contributed by atoms with Crippen LogP contribution < -0.4 is 96.2 Å². The summed E-state index contributed by atoms with van der Waals surface area (Å²) < 4.78 is 1.52. The second-order valence-electron chi connectivity index (χ2n) is 13.8. The number of benzene rings is 1. The SMILES string of the molecule is Cc1cn([C@H]2C[C@H]3C(=O)N[C@@H](CC4=CCc5ccccc54)C(=O)N[C@H](C(N)=O)CCCCNC(=O)CCC(=O)N[C@@H](CC(N)=O)C(=O)N[CH-]C(=O)N3C2)nn1.[Rb+]. The summed E-state index contributed by atoms with van der Waals surface area (Å²) in [6.07, 6.45) is 4.19. The minimum Gasteiger partial charge on any atom is -0.480 e. The summed E-state index contributed by atoms with van der Waals surface area (Å²) in [5, 5.41) is 21.0. The molecule has 2 fully saturated rings. The third-order valence-corrected chi connectivity index (χ3v) is 9.73. The average molecular weight is 846 g/mol. The molecule has 5 rings (SSSR count). The van der Waals surface area contributed by atoms with Gasteiger partial charge in [-0.25, -0.2) is 11.2 Å². The predicted octanol–water partition coefficient (Wildman–Crippen LogP) is -5.06. The van der Waals surface area contributed by atoms with Crippen LogP contribution in [0.4, 0.5) is 0 Å². The maximum Gasteiger partial charge on any atom is 1.00 e. The molecule has 2 aliphatic heterocycles. The van der Waals surface area contributed by atoms with Crippen LogP contribution >= 0.6 is 0 Å². The summed E-state index contributed by atoms with van der Waals surface area (Å²) in [5.74, 6) is -5.92. The summed E-state index contributed by atoms with van der Waals surface area (Å²) in [5.41, 5.74) is 14.4. The second kappa shape index (κ2) is 20.6. The van der Waals surface area contributed by atoms with Gasteiger partial charge >= 0.3 is 58.2 Å². The quantitative estimate of drug-likeness (QED) is 0.136. The Morgan fingerprint density at radius 3 is 2.39 bits per heavy atom. The fourth-order valence-corrected chi connectivity index (χ4v) is 6.85. The molecule has 8 amide bonds. The number of aromatic nitrogens is 3. The number of amides is 8. The van der Waals surface area contributed by atoms with Gasteiger partial charge in [0.25, 0.3) is 0 Å². The maximum atomic E-state index is 14.2. The first kappa shape index (κ1) is 44.3. The van der Waals surface area contributed by atoms with Gasteiger partial charge in [-0.2, -0.15) is 0 Å². The van der Waals surface area contributed by atoms with Crippen LogP contribution in [-0.2, 0) is 44.8 Å². The van der Waals surface area contributed by atoms with E-state index < -0.39 is 83.9 Å². The van der Waals surface area contributed by atoms with Crippen molar-refractivity contribution in [2.24, 2.45) is 11.5 Å². The van der Waals surface area contributed by atoms with Crippen LogP contribution in [0.1, 0.15) is 74.2 Å². The van der Waals surface area contributed by atoms with Crippen molar-refractivity contribution in [3.05, 3.63) is 59.9 Å². The van der Waals surface area contributed by atoms with Gasteiger partial charge in [0.05, 0.1) is 18.2 Å². The minimum atomic E-state index is -1.46. The molecule has 0 saturated carbocycles. The van der Waals surface area contributed by atoms with E-state index >= 15 is 0 Å². The van der Waals surface area contributed by atoms with Gasteiger partial charge in [-0.15, -0.1) is 5.10 Å². The van der Waals surface area contributed by atoms with Crippen molar-refractivity contribution in [1.29, 1.82) is 0 Å². The number of rotatable bonds is 6. The number of carbonyl (C=O) groups is 8. The number of nitrogens with two attached hydrogens (primary N) is 2. The van der Waals surface area contributed by atoms with E-state index in [4.69, 9.17) is 11.5 Å². The maximum absolute atomic E-state index is 14.2. The molecule has 3 aliphatic rings. The van der Waals surface area contributed by atoms with Crippen molar-refractivity contribution >= 4 is 52.8 Å². The van der Waals surface area contributed by atoms with E-state index in [-0.39, 0.29) is 103 Å². The van der Waals surface area contributed by atoms with E-state index in [0.717, 1.165) is 23.2 Å². The molecule has 294 valence electrons. The van der Waals surface area contributed by atoms with Crippen molar-refractivity contribution in [1.82, 2.24) is 46.5 Å². The summed E-state index contributed by atoms with van der Waals surface area (Å²) in [7, 11) is 0. The number of hydrogen-bond donors (Lipinski definition) is 7. The van der Waals surface area contributed by atoms with E-state index in [1.165, 1.54) is 9.58 Å². The van der Waals surface area contributed by atoms with Gasteiger partial charge in [0.15, 0.2) is 0 Å². The third-order valence-electron chi connectivity index (χ3n) is 9.73. The largest absolute Gasteiger partial charge is 1.00 e. The van der Waals surface area contributed by atoms with E-state index in [0.29, 0.717) is 25.0 Å². The van der Waals surface area contributed by atoms with Crippen LogP contribution in [0.2, 0.25) is 0 Å². The van der Waals surface area contributed by atoms with Gasteiger partial charge in [0.1, 0.15) is 30.1 Å². The van der Waals surface area contributed by atoms with Crippen LogP contribution in [-0.4, -0.2) is 104 Å². The molecule has 2 saturated heterocycles. The summed E-state index contributed by atoms with van der Waals surface area (Å²) >= 11 is 0. The van der Waals surface area contributed by atoms with Gasteiger partial charge in [0.2, 0.25) is 41.4 Å². The number of aryl methyl sites for hydroxylation is 1. The molecular weight excluding hydrogens is 800 g/mol. The molecular formula is C36H46N11O8Rb. The smallest absolute Gasteiger partial charge is 0.480 e. The number of nitrogens with one attached hydrogen (secondary N) is 5. The zero-order chi connectivity index (χ0) is 39.6. The molecule has 1 aliphatic carbocycles. The van der Waals surface area contributed by atoms with Gasteiger partial charge in [-0.1, -0.05) is 35.6 Å². The van der Waals surface area contributed by atoms with E-state index in [1.54, 1.807) is 13.1 Å². The van der Waals surface area contributed by atoms with Crippen molar-refractivity contribution in [2.45, 2.75) is 94.9 Å². The minimum absolute atomic E-state index is 0. The average Bonchev–Trinajstić information content (AvgIpc) is 3.89. The van der Waals surface area contributed by atoms with E-state index in [9.17, 15) is 38.4 Å². The molecule has 1 aromatic heterocycles. The molecule has 3 heterocycles. The number of hydrogen-bond acceptors (Lipinski definition) is 10. The number of allylic oxidation sites excluding steroid dienone is 1. The molecule has 1 aromatic carbocycles. The Morgan fingerprint density at radius 1 is 0.929 bits per heavy atom. The Balaban J connectivity index is 0.00000696. The first-order valence-electron chi connectivity index (χ1n) is 18.1. The van der Waals surface area contributed by atoms with Crippen LogP contribution in [0.25, 0.3) is 5.57 Å². The number of nitrogens with zero attached hydrogens (tertiary/aromatic N) is 4. The van der Waals surface area contributed by atoms with Gasteiger partial charge < -0.3 is 47.7 Å². The zero-order valence-corrected chi connectivity index (χ0v) is 36.3. The monoisotopic (exact) mass is 845 g/mol. The van der Waals surface area contributed by atoms with Crippen molar-refractivity contribution < 1.29 is 96.5 Å². The van der Waals surface area contributed by atoms with E-state index in [2.05, 4.69) is 36.9 Å². The Kier molecular flexibility index (Phi) is 16.3. The first-order valence-corrected chi connectivity index (χ1v) is 18.1. The van der Waals surface area contributed by atoms with Crippen LogP contribution in [0.3, 0.4) is 0 Å². The fourth-order valence-electron chi connectivity index (χ4n) is 6.85. The molecule has 19 nitrogen and oxygen atoms in total. The Labute approximate surface area is 372 Å². The molecule has 0 spiro atoms. The van der Waals surface area contributed by atoms with E-state index in [1.807, 2.05) is 30.3 Å². The third kappa shape index (κ3) is 12.0. The molecule has 0 radical (unpaired) electrons. The second-order valence-corrected chi connectivity index (χ2v) is 13.8. The first-order chi connectivity index (χ1) is 26.3. The molecule has 5 atom stereocenters. The Morgan fingerprint density at radius 2 is 1.68 bits per heavy atom. The van der Waals surface area contributed by atoms with Crippen LogP contribution in [0, 0.1) is 13.5 Å². The number of primary amides is 2. The Bertz CT molecular complexity index is 1870. The van der Waals surface area contributed by atoms with Crippen molar-refractivity contribution in [2.75, 3.05) is 13.1 Å². The molecule has 2 aromatic rings. The standard InChI is InChI=1S/C36H46N11O8.Rb/c1-20-18-47(45-44-20)23-15-28-36(55)43-26(14-22-10-9-21-6-2-3-7-24(21)22)35(54)42-25(33(38)52)8-4-5-13-39-30(49)11-12-31(50)41-27(16-29(37)48)34(53)40-17-32(51)46(28)19-23;/h2-3,6-7,10,17-18,23,25-28H,4-5,8-9,11-16,19H2,1H3,(H2,37,48)(H2,38,52)(H,39,49)(H,40,53)(H,41,50)(H,42,54)(H,43,55);/q-1;+1/t23-,25-,26-,27-,28-;/m0./s1. The number of carbonyl (C=O) groups excluding carboxylic acids is 8. The predicted molar refractivity (Wildman–Crippen MR) is 194 cm³/mol. The molecule has 9 N–H and O–H groups in total. The normalized spacial score (nSPS) is 24.4. The van der Waals surface area contributed by atoms with Gasteiger partial charge in [0, 0.05) is 45.0 Å². The Hall–Kier alpha value is -4.46. The summed E-state index contributed by atoms with van der Waals surface area (Å²) in [6, 6.07) is 2.24. The molecule has 20 heteroatoms. The molecule has 0 unspecified atom stereocenters. The van der Waals surface area contributed by atoms with Crippen molar-refractivity contribution in [3.8, 4) is 0 Å². The summed E-state index contributed by atoms with van der Waals surface area (Å²) in [6.45, 7) is 2.71. The van der Waals surface area contributed by atoms with Crippen LogP contribution in [0.15, 0.2) is 36.5 Å². The van der Waals surface area contributed by atoms with Crippen molar-refractivity contribution in [3.63, 3.8) is 0 Å². The molecule has 56 heavy (non-hydrogen) atoms. The topological polar surface area (TPSA) is 283 Å². The molecule has 0 bridgehead atoms. The summed E-state index contributed by atoms with van der Waals surface area (Å²) in [4.78, 5) is 106. The fraction of sp³-hybridized carbons (Fsp3) is 0.472.